The summed E-state index contributed by atoms with van der Waals surface area (Å²) in [6.45, 7) is 2.07. The third kappa shape index (κ3) is 2.77. The van der Waals surface area contributed by atoms with E-state index in [2.05, 4.69) is 5.32 Å². The summed E-state index contributed by atoms with van der Waals surface area (Å²) >= 11 is 0. The molecule has 2 nitrogen and oxygen atoms in total. The van der Waals surface area contributed by atoms with Crippen LogP contribution in [0.2, 0.25) is 0 Å². The molecule has 18 heavy (non-hydrogen) atoms. The number of anilines is 1. The number of nitrogens with one attached hydrogen (secondary N) is 1. The minimum absolute atomic E-state index is 0.0120. The van der Waals surface area contributed by atoms with Gasteiger partial charge in [-0.3, -0.25) is 0 Å². The van der Waals surface area contributed by atoms with Crippen LogP contribution < -0.4 is 5.32 Å². The van der Waals surface area contributed by atoms with E-state index in [4.69, 9.17) is 0 Å². The molecule has 0 aliphatic carbocycles. The van der Waals surface area contributed by atoms with Crippen molar-refractivity contribution in [3.8, 4) is 5.75 Å². The molecule has 2 aromatic carbocycles. The second kappa shape index (κ2) is 5.04. The first-order chi connectivity index (χ1) is 8.56. The van der Waals surface area contributed by atoms with Crippen molar-refractivity contribution in [2.75, 3.05) is 5.32 Å². The summed E-state index contributed by atoms with van der Waals surface area (Å²) in [5.74, 6) is -0.745. The van der Waals surface area contributed by atoms with Crippen molar-refractivity contribution in [1.82, 2.24) is 0 Å². The van der Waals surface area contributed by atoms with Gasteiger partial charge >= 0.3 is 0 Å². The van der Waals surface area contributed by atoms with Gasteiger partial charge in [0.2, 0.25) is 0 Å². The SMILES string of the molecule is Cc1ccc(F)cc1NCc1cc(F)ccc1O. The van der Waals surface area contributed by atoms with E-state index in [1.165, 1.54) is 30.3 Å². The number of phenols is 1. The van der Waals surface area contributed by atoms with Crippen molar-refractivity contribution in [1.29, 1.82) is 0 Å². The number of benzene rings is 2. The number of halogens is 2. The number of aryl methyl sites for hydroxylation is 1. The van der Waals surface area contributed by atoms with Crippen LogP contribution in [0.25, 0.3) is 0 Å². The average Bonchev–Trinajstić information content (AvgIpc) is 2.34. The van der Waals surface area contributed by atoms with Gasteiger partial charge < -0.3 is 10.4 Å². The molecule has 2 aromatic rings. The average molecular weight is 249 g/mol. The molecule has 0 unspecified atom stereocenters. The molecule has 0 atom stereocenters. The van der Waals surface area contributed by atoms with Crippen LogP contribution in [0.5, 0.6) is 5.75 Å². The van der Waals surface area contributed by atoms with Gasteiger partial charge in [0.1, 0.15) is 17.4 Å². The molecular formula is C14H13F2NO. The summed E-state index contributed by atoms with van der Waals surface area (Å²) in [6.07, 6.45) is 0. The Balaban J connectivity index is 2.16. The maximum atomic E-state index is 13.1. The van der Waals surface area contributed by atoms with Gasteiger partial charge in [0, 0.05) is 17.8 Å². The Kier molecular flexibility index (Phi) is 3.46. The van der Waals surface area contributed by atoms with Gasteiger partial charge in [-0.15, -0.1) is 0 Å². The Bertz CT molecular complexity index is 518. The molecule has 0 saturated carbocycles. The highest BCUT2D eigenvalue weighted by atomic mass is 19.1. The van der Waals surface area contributed by atoms with Crippen molar-refractivity contribution in [3.05, 3.63) is 59.2 Å². The summed E-state index contributed by atoms with van der Waals surface area (Å²) in [5, 5.41) is 12.5. The standard InChI is InChI=1S/C14H13F2NO/c1-9-2-3-12(16)7-13(9)17-8-10-6-11(15)4-5-14(10)18/h2-7,17-18H,8H2,1H3. The Morgan fingerprint density at radius 1 is 1.06 bits per heavy atom. The highest BCUT2D eigenvalue weighted by Crippen LogP contribution is 2.21. The summed E-state index contributed by atoms with van der Waals surface area (Å²) in [4.78, 5) is 0. The highest BCUT2D eigenvalue weighted by molar-refractivity contribution is 5.51. The summed E-state index contributed by atoms with van der Waals surface area (Å²) < 4.78 is 26.1. The molecule has 0 amide bonds. The molecule has 0 saturated heterocycles. The van der Waals surface area contributed by atoms with Crippen molar-refractivity contribution in [3.63, 3.8) is 0 Å². The van der Waals surface area contributed by atoms with Crippen LogP contribution in [0.1, 0.15) is 11.1 Å². The zero-order valence-electron chi connectivity index (χ0n) is 9.87. The molecule has 2 N–H and O–H groups in total. The van der Waals surface area contributed by atoms with Crippen LogP contribution in [0.3, 0.4) is 0 Å². The fourth-order valence-corrected chi connectivity index (χ4v) is 1.67. The molecule has 94 valence electrons. The van der Waals surface area contributed by atoms with Gasteiger partial charge in [0.05, 0.1) is 0 Å². The molecule has 4 heteroatoms. The van der Waals surface area contributed by atoms with Gasteiger partial charge in [-0.2, -0.15) is 0 Å². The van der Waals surface area contributed by atoms with Crippen molar-refractivity contribution in [2.24, 2.45) is 0 Å². The minimum Gasteiger partial charge on any atom is -0.508 e. The lowest BCUT2D eigenvalue weighted by atomic mass is 10.1. The molecule has 2 rings (SSSR count). The molecule has 0 bridgehead atoms. The van der Waals surface area contributed by atoms with Crippen LogP contribution in [-0.4, -0.2) is 5.11 Å². The zero-order chi connectivity index (χ0) is 13.1. The van der Waals surface area contributed by atoms with E-state index < -0.39 is 5.82 Å². The van der Waals surface area contributed by atoms with Crippen LogP contribution in [-0.2, 0) is 6.54 Å². The lowest BCUT2D eigenvalue weighted by Gasteiger charge is -2.10. The zero-order valence-corrected chi connectivity index (χ0v) is 9.87. The highest BCUT2D eigenvalue weighted by Gasteiger charge is 2.04. The third-order valence-corrected chi connectivity index (χ3v) is 2.71. The molecule has 0 aromatic heterocycles. The van der Waals surface area contributed by atoms with Crippen molar-refractivity contribution in [2.45, 2.75) is 13.5 Å². The van der Waals surface area contributed by atoms with E-state index in [1.54, 1.807) is 6.07 Å². The Morgan fingerprint density at radius 3 is 2.50 bits per heavy atom. The summed E-state index contributed by atoms with van der Waals surface area (Å²) in [5.41, 5.74) is 1.93. The number of phenolic OH excluding ortho intramolecular Hbond substituents is 1. The van der Waals surface area contributed by atoms with E-state index >= 15 is 0 Å². The third-order valence-electron chi connectivity index (χ3n) is 2.71. The molecule has 0 spiro atoms. The normalized spacial score (nSPS) is 10.4. The smallest absolute Gasteiger partial charge is 0.125 e. The van der Waals surface area contributed by atoms with E-state index in [0.29, 0.717) is 11.3 Å². The number of hydrogen-bond acceptors (Lipinski definition) is 2. The van der Waals surface area contributed by atoms with Crippen molar-refractivity contribution < 1.29 is 13.9 Å². The Hall–Kier alpha value is -2.10. The molecule has 0 fully saturated rings. The second-order valence-electron chi connectivity index (χ2n) is 4.09. The monoisotopic (exact) mass is 249 g/mol. The minimum atomic E-state index is -0.416. The maximum Gasteiger partial charge on any atom is 0.125 e. The topological polar surface area (TPSA) is 32.3 Å². The maximum absolute atomic E-state index is 13.1. The lowest BCUT2D eigenvalue weighted by molar-refractivity contribution is 0.466. The molecular weight excluding hydrogens is 236 g/mol. The second-order valence-corrected chi connectivity index (χ2v) is 4.09. The molecule has 0 aliphatic rings. The fraction of sp³-hybridized carbons (Fsp3) is 0.143. The predicted octanol–water partition coefficient (Wildman–Crippen LogP) is 3.59. The number of aromatic hydroxyl groups is 1. The van der Waals surface area contributed by atoms with Gasteiger partial charge in [-0.1, -0.05) is 6.07 Å². The van der Waals surface area contributed by atoms with E-state index in [1.807, 2.05) is 6.92 Å². The van der Waals surface area contributed by atoms with Gasteiger partial charge in [-0.25, -0.2) is 8.78 Å². The van der Waals surface area contributed by atoms with Crippen LogP contribution in [0.4, 0.5) is 14.5 Å². The first-order valence-corrected chi connectivity index (χ1v) is 5.53. The van der Waals surface area contributed by atoms with Gasteiger partial charge in [-0.05, 0) is 42.8 Å². The van der Waals surface area contributed by atoms with Crippen molar-refractivity contribution >= 4 is 5.69 Å². The summed E-state index contributed by atoms with van der Waals surface area (Å²) in [6, 6.07) is 8.13. The number of rotatable bonds is 3. The van der Waals surface area contributed by atoms with Crippen LogP contribution >= 0.6 is 0 Å². The van der Waals surface area contributed by atoms with E-state index in [9.17, 15) is 13.9 Å². The van der Waals surface area contributed by atoms with Gasteiger partial charge in [0.25, 0.3) is 0 Å². The Morgan fingerprint density at radius 2 is 1.72 bits per heavy atom. The van der Waals surface area contributed by atoms with Gasteiger partial charge in [0.15, 0.2) is 0 Å². The largest absolute Gasteiger partial charge is 0.508 e. The quantitative estimate of drug-likeness (QED) is 0.871. The first kappa shape index (κ1) is 12.4. The van der Waals surface area contributed by atoms with E-state index in [0.717, 1.165) is 5.56 Å². The molecule has 0 aliphatic heterocycles. The first-order valence-electron chi connectivity index (χ1n) is 5.53. The van der Waals surface area contributed by atoms with Crippen LogP contribution in [0.15, 0.2) is 36.4 Å². The number of hydrogen-bond donors (Lipinski definition) is 2. The fourth-order valence-electron chi connectivity index (χ4n) is 1.67. The Labute approximate surface area is 104 Å². The lowest BCUT2D eigenvalue weighted by Crippen LogP contribution is -2.02. The predicted molar refractivity (Wildman–Crippen MR) is 66.5 cm³/mol. The molecule has 0 radical (unpaired) electrons. The van der Waals surface area contributed by atoms with Crippen LogP contribution in [0, 0.1) is 18.6 Å². The summed E-state index contributed by atoms with van der Waals surface area (Å²) in [7, 11) is 0. The van der Waals surface area contributed by atoms with E-state index in [-0.39, 0.29) is 18.1 Å². The molecule has 0 heterocycles.